The first-order valence-electron chi connectivity index (χ1n) is 5.81. The average Bonchev–Trinajstić information content (AvgIpc) is 2.89. The zero-order chi connectivity index (χ0) is 12.4. The maximum atomic E-state index is 5.67. The van der Waals surface area contributed by atoms with E-state index in [1.165, 1.54) is 0 Å². The molecule has 5 nitrogen and oxygen atoms in total. The number of pyridine rings is 1. The molecule has 0 atom stereocenters. The van der Waals surface area contributed by atoms with Gasteiger partial charge in [-0.25, -0.2) is 9.67 Å². The quantitative estimate of drug-likeness (QED) is 0.869. The van der Waals surface area contributed by atoms with Gasteiger partial charge in [-0.3, -0.25) is 4.99 Å². The Morgan fingerprint density at radius 2 is 2.22 bits per heavy atom. The van der Waals surface area contributed by atoms with E-state index in [4.69, 9.17) is 5.73 Å². The molecule has 0 bridgehead atoms. The van der Waals surface area contributed by atoms with Crippen molar-refractivity contribution in [1.29, 1.82) is 0 Å². The highest BCUT2D eigenvalue weighted by Gasteiger charge is 2.06. The summed E-state index contributed by atoms with van der Waals surface area (Å²) in [5, 5.41) is 4.32. The highest BCUT2D eigenvalue weighted by molar-refractivity contribution is 6.02. The number of rotatable bonds is 2. The largest absolute Gasteiger partial charge is 0.384 e. The molecule has 0 radical (unpaired) electrons. The van der Waals surface area contributed by atoms with E-state index in [9.17, 15) is 0 Å². The standard InChI is InChI=1S/C13H13N5/c14-13-5-1-4-12(17-13)10-7-16-18(9-10)11-3-2-6-15-8-11/h1,3-5,7-9H,2,6H2,(H2,14,17). The van der Waals surface area contributed by atoms with Crippen molar-refractivity contribution in [3.63, 3.8) is 0 Å². The first-order chi connectivity index (χ1) is 8.83. The lowest BCUT2D eigenvalue weighted by Gasteiger charge is -2.05. The topological polar surface area (TPSA) is 69.1 Å². The van der Waals surface area contributed by atoms with Crippen LogP contribution in [0.2, 0.25) is 0 Å². The molecule has 0 unspecified atom stereocenters. The van der Waals surface area contributed by atoms with Crippen LogP contribution in [-0.4, -0.2) is 27.5 Å². The van der Waals surface area contributed by atoms with Gasteiger partial charge in [0.2, 0.25) is 0 Å². The fraction of sp³-hybridized carbons (Fsp3) is 0.154. The van der Waals surface area contributed by atoms with Gasteiger partial charge in [-0.05, 0) is 18.6 Å². The molecule has 5 heteroatoms. The van der Waals surface area contributed by atoms with E-state index in [0.717, 1.165) is 29.9 Å². The van der Waals surface area contributed by atoms with Crippen molar-refractivity contribution in [2.75, 3.05) is 12.3 Å². The van der Waals surface area contributed by atoms with Gasteiger partial charge in [0.1, 0.15) is 5.82 Å². The Morgan fingerprint density at radius 1 is 1.28 bits per heavy atom. The van der Waals surface area contributed by atoms with Crippen LogP contribution in [0, 0.1) is 0 Å². The highest BCUT2D eigenvalue weighted by atomic mass is 15.3. The second kappa shape index (κ2) is 4.44. The third kappa shape index (κ3) is 2.02. The van der Waals surface area contributed by atoms with Gasteiger partial charge in [-0.1, -0.05) is 12.1 Å². The summed E-state index contributed by atoms with van der Waals surface area (Å²) >= 11 is 0. The highest BCUT2D eigenvalue weighted by Crippen LogP contribution is 2.18. The number of nitrogen functional groups attached to an aromatic ring is 1. The molecule has 0 saturated carbocycles. The summed E-state index contributed by atoms with van der Waals surface area (Å²) in [7, 11) is 0. The Kier molecular flexibility index (Phi) is 2.64. The third-order valence-electron chi connectivity index (χ3n) is 2.75. The van der Waals surface area contributed by atoms with E-state index in [0.29, 0.717) is 5.82 Å². The zero-order valence-electron chi connectivity index (χ0n) is 9.82. The van der Waals surface area contributed by atoms with Gasteiger partial charge in [0.25, 0.3) is 0 Å². The van der Waals surface area contributed by atoms with Crippen LogP contribution in [0.5, 0.6) is 0 Å². The van der Waals surface area contributed by atoms with Gasteiger partial charge in [0.15, 0.2) is 0 Å². The number of nitrogens with zero attached hydrogens (tertiary/aromatic N) is 4. The lowest BCUT2D eigenvalue weighted by molar-refractivity contribution is 0.895. The molecule has 0 saturated heterocycles. The first kappa shape index (κ1) is 10.7. The van der Waals surface area contributed by atoms with E-state index >= 15 is 0 Å². The molecule has 0 amide bonds. The predicted octanol–water partition coefficient (Wildman–Crippen LogP) is 1.84. The number of nitrogens with two attached hydrogens (primary N) is 1. The molecule has 1 aliphatic rings. The van der Waals surface area contributed by atoms with Crippen molar-refractivity contribution in [2.24, 2.45) is 4.99 Å². The molecule has 0 aliphatic carbocycles. The Balaban J connectivity index is 1.94. The van der Waals surface area contributed by atoms with Gasteiger partial charge >= 0.3 is 0 Å². The minimum Gasteiger partial charge on any atom is -0.384 e. The monoisotopic (exact) mass is 239 g/mol. The molecule has 0 fully saturated rings. The number of dihydropyridines is 1. The van der Waals surface area contributed by atoms with Gasteiger partial charge < -0.3 is 5.73 Å². The molecular weight excluding hydrogens is 226 g/mol. The molecule has 2 N–H and O–H groups in total. The molecule has 0 aromatic carbocycles. The number of anilines is 1. The van der Waals surface area contributed by atoms with Gasteiger partial charge in [-0.2, -0.15) is 5.10 Å². The SMILES string of the molecule is Nc1cccc(-c2cnn(C3=CCCN=C3)c2)n1. The van der Waals surface area contributed by atoms with Crippen molar-refractivity contribution in [2.45, 2.75) is 6.42 Å². The van der Waals surface area contributed by atoms with Crippen molar-refractivity contribution < 1.29 is 0 Å². The number of hydrogen-bond acceptors (Lipinski definition) is 4. The molecule has 2 aromatic rings. The Morgan fingerprint density at radius 3 is 3.00 bits per heavy atom. The van der Waals surface area contributed by atoms with Crippen LogP contribution < -0.4 is 5.73 Å². The summed E-state index contributed by atoms with van der Waals surface area (Å²) in [4.78, 5) is 8.51. The molecule has 18 heavy (non-hydrogen) atoms. The Bertz CT molecular complexity index is 624. The minimum absolute atomic E-state index is 0.513. The summed E-state index contributed by atoms with van der Waals surface area (Å²) in [6, 6.07) is 5.57. The average molecular weight is 239 g/mol. The van der Waals surface area contributed by atoms with Crippen LogP contribution in [0.3, 0.4) is 0 Å². The van der Waals surface area contributed by atoms with Gasteiger partial charge in [0.05, 0.1) is 17.6 Å². The summed E-state index contributed by atoms with van der Waals surface area (Å²) in [5.41, 5.74) is 8.45. The molecule has 0 spiro atoms. The number of hydrogen-bond donors (Lipinski definition) is 1. The Labute approximate surface area is 105 Å². The van der Waals surface area contributed by atoms with Crippen LogP contribution in [0.25, 0.3) is 17.0 Å². The molecule has 1 aliphatic heterocycles. The maximum Gasteiger partial charge on any atom is 0.124 e. The number of aromatic nitrogens is 3. The molecule has 90 valence electrons. The van der Waals surface area contributed by atoms with E-state index in [1.807, 2.05) is 29.2 Å². The van der Waals surface area contributed by atoms with Gasteiger partial charge in [-0.15, -0.1) is 0 Å². The molecule has 2 aromatic heterocycles. The van der Waals surface area contributed by atoms with Crippen molar-refractivity contribution in [3.8, 4) is 11.3 Å². The molecule has 3 rings (SSSR count). The van der Waals surface area contributed by atoms with E-state index in [1.54, 1.807) is 12.3 Å². The lowest BCUT2D eigenvalue weighted by Crippen LogP contribution is -2.02. The second-order valence-electron chi connectivity index (χ2n) is 4.07. The van der Waals surface area contributed by atoms with E-state index in [-0.39, 0.29) is 0 Å². The predicted molar refractivity (Wildman–Crippen MR) is 72.1 cm³/mol. The minimum atomic E-state index is 0.513. The van der Waals surface area contributed by atoms with Crippen molar-refractivity contribution >= 4 is 17.7 Å². The molecular formula is C13H13N5. The smallest absolute Gasteiger partial charge is 0.124 e. The van der Waals surface area contributed by atoms with Crippen LogP contribution in [0.4, 0.5) is 5.82 Å². The number of aliphatic imine (C=N–C) groups is 1. The van der Waals surface area contributed by atoms with E-state index in [2.05, 4.69) is 21.2 Å². The summed E-state index contributed by atoms with van der Waals surface area (Å²) in [5.74, 6) is 0.513. The fourth-order valence-corrected chi connectivity index (χ4v) is 1.86. The molecule has 3 heterocycles. The second-order valence-corrected chi connectivity index (χ2v) is 4.07. The number of allylic oxidation sites excluding steroid dienone is 1. The van der Waals surface area contributed by atoms with Crippen LogP contribution >= 0.6 is 0 Å². The summed E-state index contributed by atoms with van der Waals surface area (Å²) < 4.78 is 1.81. The maximum absolute atomic E-state index is 5.67. The van der Waals surface area contributed by atoms with Crippen molar-refractivity contribution in [3.05, 3.63) is 36.7 Å². The lowest BCUT2D eigenvalue weighted by atomic mass is 10.2. The van der Waals surface area contributed by atoms with Crippen LogP contribution in [0.15, 0.2) is 41.7 Å². The third-order valence-corrected chi connectivity index (χ3v) is 2.75. The summed E-state index contributed by atoms with van der Waals surface area (Å²) in [6.45, 7) is 0.856. The Hall–Kier alpha value is -2.43. The summed E-state index contributed by atoms with van der Waals surface area (Å²) in [6.07, 6.45) is 8.64. The van der Waals surface area contributed by atoms with Gasteiger partial charge in [0, 0.05) is 24.5 Å². The van der Waals surface area contributed by atoms with Crippen LogP contribution in [-0.2, 0) is 0 Å². The fourth-order valence-electron chi connectivity index (χ4n) is 1.86. The first-order valence-corrected chi connectivity index (χ1v) is 5.81. The normalized spacial score (nSPS) is 14.6. The van der Waals surface area contributed by atoms with E-state index < -0.39 is 0 Å². The zero-order valence-corrected chi connectivity index (χ0v) is 9.82. The van der Waals surface area contributed by atoms with Crippen LogP contribution in [0.1, 0.15) is 6.42 Å². The van der Waals surface area contributed by atoms with Crippen molar-refractivity contribution in [1.82, 2.24) is 14.8 Å².